The number of ether oxygens (including phenoxy) is 2. The fourth-order valence-corrected chi connectivity index (χ4v) is 7.73. The summed E-state index contributed by atoms with van der Waals surface area (Å²) in [7, 11) is -6.28. The third kappa shape index (κ3) is 6.57. The summed E-state index contributed by atoms with van der Waals surface area (Å²) in [6.45, 7) is 0. The average Bonchev–Trinajstić information content (AvgIpc) is 2.96. The molecule has 0 atom stereocenters. The molecular formula is C29H23Cl2NO7S2. The van der Waals surface area contributed by atoms with Crippen LogP contribution in [0.4, 0.5) is 5.69 Å². The maximum absolute atomic E-state index is 13.7. The van der Waals surface area contributed by atoms with E-state index in [-0.39, 0.29) is 31.1 Å². The molecule has 0 fully saturated rings. The van der Waals surface area contributed by atoms with Gasteiger partial charge in [-0.25, -0.2) is 16.8 Å². The summed E-state index contributed by atoms with van der Waals surface area (Å²) in [5.41, 5.74) is 0.593. The van der Waals surface area contributed by atoms with Gasteiger partial charge < -0.3 is 9.47 Å². The van der Waals surface area contributed by atoms with Crippen LogP contribution < -0.4 is 13.2 Å². The number of allylic oxidation sites excluding steroid dienone is 1. The van der Waals surface area contributed by atoms with Gasteiger partial charge in [-0.3, -0.25) is 4.79 Å². The van der Waals surface area contributed by atoms with E-state index in [1.807, 2.05) is 0 Å². The zero-order valence-electron chi connectivity index (χ0n) is 21.7. The lowest BCUT2D eigenvalue weighted by Crippen LogP contribution is -2.37. The van der Waals surface area contributed by atoms with E-state index in [1.54, 1.807) is 24.3 Å². The molecule has 4 aromatic rings. The molecule has 0 unspecified atom stereocenters. The van der Waals surface area contributed by atoms with Gasteiger partial charge >= 0.3 is 0 Å². The zero-order valence-corrected chi connectivity index (χ0v) is 24.8. The quantitative estimate of drug-likeness (QED) is 0.145. The highest BCUT2D eigenvalue weighted by atomic mass is 35.5. The van der Waals surface area contributed by atoms with Gasteiger partial charge in [0.1, 0.15) is 11.5 Å². The van der Waals surface area contributed by atoms with Gasteiger partial charge in [0.15, 0.2) is 5.78 Å². The molecular weight excluding hydrogens is 609 g/mol. The number of ketones is 1. The summed E-state index contributed by atoms with van der Waals surface area (Å²) in [4.78, 5) is 12.3. The van der Waals surface area contributed by atoms with E-state index in [0.717, 1.165) is 0 Å². The normalized spacial score (nSPS) is 11.8. The molecule has 212 valence electrons. The number of benzene rings is 4. The van der Waals surface area contributed by atoms with Crippen molar-refractivity contribution in [2.24, 2.45) is 0 Å². The predicted molar refractivity (Wildman–Crippen MR) is 159 cm³/mol. The molecule has 4 rings (SSSR count). The van der Waals surface area contributed by atoms with Gasteiger partial charge in [-0.2, -0.15) is 3.71 Å². The second kappa shape index (κ2) is 12.4. The number of sulfonamides is 2. The molecule has 0 saturated heterocycles. The van der Waals surface area contributed by atoms with Crippen molar-refractivity contribution in [2.45, 2.75) is 9.79 Å². The Morgan fingerprint density at radius 2 is 1.22 bits per heavy atom. The van der Waals surface area contributed by atoms with Gasteiger partial charge in [0.05, 0.1) is 29.7 Å². The molecule has 0 radical (unpaired) electrons. The number of carbonyl (C=O) groups is 1. The largest absolute Gasteiger partial charge is 0.497 e. The minimum atomic E-state index is -4.65. The van der Waals surface area contributed by atoms with Crippen molar-refractivity contribution in [3.05, 3.63) is 118 Å². The van der Waals surface area contributed by atoms with Crippen LogP contribution in [0.15, 0.2) is 107 Å². The molecule has 0 amide bonds. The number of carbonyl (C=O) groups excluding carboxylic acids is 1. The molecule has 41 heavy (non-hydrogen) atoms. The number of methoxy groups -OCH3 is 2. The van der Waals surface area contributed by atoms with E-state index >= 15 is 0 Å². The Labute approximate surface area is 248 Å². The smallest absolute Gasteiger partial charge is 0.277 e. The van der Waals surface area contributed by atoms with Gasteiger partial charge in [0, 0.05) is 21.2 Å². The maximum atomic E-state index is 13.7. The summed E-state index contributed by atoms with van der Waals surface area (Å²) in [5.74, 6) is 0.695. The SMILES string of the molecule is COc1ccc(OC)c(/C=C/C(=O)c2ccc(N(S(=O)(=O)c3ccc(Cl)cc3)S(=O)(=O)c3ccc(Cl)cc3)cc2)c1. The first-order valence-corrected chi connectivity index (χ1v) is 15.5. The molecule has 0 aliphatic carbocycles. The highest BCUT2D eigenvalue weighted by Gasteiger charge is 2.37. The highest BCUT2D eigenvalue weighted by Crippen LogP contribution is 2.32. The molecule has 0 saturated carbocycles. The highest BCUT2D eigenvalue weighted by molar-refractivity contribution is 8.10. The van der Waals surface area contributed by atoms with E-state index < -0.39 is 25.8 Å². The Bertz CT molecular complexity index is 1730. The molecule has 0 aromatic heterocycles. The lowest BCUT2D eigenvalue weighted by molar-refractivity contribution is 0.104. The summed E-state index contributed by atoms with van der Waals surface area (Å²) in [6.07, 6.45) is 2.87. The summed E-state index contributed by atoms with van der Waals surface area (Å²) < 4.78 is 65.7. The predicted octanol–water partition coefficient (Wildman–Crippen LogP) is 6.49. The van der Waals surface area contributed by atoms with E-state index in [1.165, 1.54) is 93.1 Å². The Hall–Kier alpha value is -3.83. The number of nitrogens with zero attached hydrogens (tertiary/aromatic N) is 1. The van der Waals surface area contributed by atoms with Crippen LogP contribution in [0.25, 0.3) is 6.08 Å². The lowest BCUT2D eigenvalue weighted by Gasteiger charge is -2.24. The molecule has 12 heteroatoms. The van der Waals surface area contributed by atoms with E-state index in [9.17, 15) is 21.6 Å². The van der Waals surface area contributed by atoms with E-state index in [0.29, 0.717) is 20.8 Å². The fourth-order valence-electron chi connectivity index (χ4n) is 3.79. The number of hydrogen-bond acceptors (Lipinski definition) is 7. The van der Waals surface area contributed by atoms with Crippen molar-refractivity contribution in [1.29, 1.82) is 0 Å². The molecule has 8 nitrogen and oxygen atoms in total. The fraction of sp³-hybridized carbons (Fsp3) is 0.0690. The van der Waals surface area contributed by atoms with Crippen LogP contribution in [0, 0.1) is 0 Å². The maximum Gasteiger partial charge on any atom is 0.277 e. The molecule has 4 aromatic carbocycles. The third-order valence-corrected chi connectivity index (χ3v) is 10.6. The topological polar surface area (TPSA) is 107 Å². The Morgan fingerprint density at radius 1 is 0.707 bits per heavy atom. The zero-order chi connectivity index (χ0) is 29.8. The standard InChI is InChI=1S/C29H23Cl2NO7S2/c1-38-25-12-18-29(39-2)21(19-25)5-17-28(33)20-3-10-24(11-4-20)32(40(34,35)26-13-6-22(30)7-14-26)41(36,37)27-15-8-23(31)9-16-27/h3-19H,1-2H3/b17-5+. The van der Waals surface area contributed by atoms with Crippen molar-refractivity contribution in [1.82, 2.24) is 0 Å². The van der Waals surface area contributed by atoms with Gasteiger partial charge in [0.25, 0.3) is 20.0 Å². The molecule has 0 bridgehead atoms. The summed E-state index contributed by atoms with van der Waals surface area (Å²) in [5, 5.41) is 0.553. The first-order chi connectivity index (χ1) is 19.5. The van der Waals surface area contributed by atoms with Crippen molar-refractivity contribution in [3.8, 4) is 11.5 Å². The number of anilines is 1. The van der Waals surface area contributed by atoms with E-state index in [4.69, 9.17) is 32.7 Å². The molecule has 0 aliphatic rings. The van der Waals surface area contributed by atoms with Crippen LogP contribution in [0.3, 0.4) is 0 Å². The lowest BCUT2D eigenvalue weighted by atomic mass is 10.1. The summed E-state index contributed by atoms with van der Waals surface area (Å²) >= 11 is 11.8. The van der Waals surface area contributed by atoms with Crippen LogP contribution in [-0.2, 0) is 20.0 Å². The second-order valence-electron chi connectivity index (χ2n) is 8.47. The first-order valence-electron chi connectivity index (χ1n) is 11.8. The average molecular weight is 633 g/mol. The van der Waals surface area contributed by atoms with Gasteiger partial charge in [-0.05, 0) is 103 Å². The Balaban J connectivity index is 1.73. The van der Waals surface area contributed by atoms with E-state index in [2.05, 4.69) is 0 Å². The number of halogens is 2. The van der Waals surface area contributed by atoms with Crippen LogP contribution in [0.2, 0.25) is 10.0 Å². The third-order valence-electron chi connectivity index (χ3n) is 5.87. The van der Waals surface area contributed by atoms with Gasteiger partial charge in [-0.1, -0.05) is 23.2 Å². The van der Waals surface area contributed by atoms with Crippen molar-refractivity contribution in [3.63, 3.8) is 0 Å². The van der Waals surface area contributed by atoms with Crippen molar-refractivity contribution < 1.29 is 31.1 Å². The van der Waals surface area contributed by atoms with Crippen LogP contribution in [-0.4, -0.2) is 36.8 Å². The van der Waals surface area contributed by atoms with Crippen molar-refractivity contribution >= 4 is 60.8 Å². The minimum absolute atomic E-state index is 0.194. The Morgan fingerprint density at radius 3 is 1.68 bits per heavy atom. The van der Waals surface area contributed by atoms with Crippen LogP contribution >= 0.6 is 23.2 Å². The molecule has 0 N–H and O–H groups in total. The van der Waals surface area contributed by atoms with Gasteiger partial charge in [-0.15, -0.1) is 0 Å². The first kappa shape index (κ1) is 30.1. The number of rotatable bonds is 10. The Kier molecular flexibility index (Phi) is 9.08. The van der Waals surface area contributed by atoms with Crippen molar-refractivity contribution in [2.75, 3.05) is 17.9 Å². The van der Waals surface area contributed by atoms with Crippen LogP contribution in [0.1, 0.15) is 15.9 Å². The van der Waals surface area contributed by atoms with Crippen LogP contribution in [0.5, 0.6) is 11.5 Å². The molecule has 0 aliphatic heterocycles. The monoisotopic (exact) mass is 631 g/mol. The minimum Gasteiger partial charge on any atom is -0.497 e. The summed E-state index contributed by atoms with van der Waals surface area (Å²) in [6, 6.07) is 20.5. The number of hydrogen-bond donors (Lipinski definition) is 0. The molecule has 0 heterocycles. The molecule has 0 spiro atoms. The second-order valence-corrected chi connectivity index (χ2v) is 13.1. The van der Waals surface area contributed by atoms with Gasteiger partial charge in [0.2, 0.25) is 0 Å².